The molecule has 1 aliphatic rings. The second-order valence-corrected chi connectivity index (χ2v) is 6.64. The zero-order chi connectivity index (χ0) is 15.2. The lowest BCUT2D eigenvalue weighted by molar-refractivity contribution is 0.0866. The van der Waals surface area contributed by atoms with Crippen LogP contribution in [0.5, 0.6) is 0 Å². The van der Waals surface area contributed by atoms with Crippen LogP contribution in [0, 0.1) is 11.8 Å². The fourth-order valence-electron chi connectivity index (χ4n) is 2.54. The number of nitrogens with two attached hydrogens (primary N) is 1. The molecule has 2 nitrogen and oxygen atoms in total. The van der Waals surface area contributed by atoms with Crippen molar-refractivity contribution in [3.8, 4) is 0 Å². The second-order valence-electron chi connectivity index (χ2n) is 6.64. The molecule has 0 amide bonds. The van der Waals surface area contributed by atoms with Crippen LogP contribution in [0.25, 0.3) is 0 Å². The molecule has 122 valence electrons. The molecule has 20 heavy (non-hydrogen) atoms. The largest absolute Gasteiger partial charge is 0.381 e. The van der Waals surface area contributed by atoms with E-state index in [1.807, 2.05) is 0 Å². The Bertz CT molecular complexity index is 190. The standard InChI is InChI=1S/C13H28.C5H11NO/c1-5-9-13(4)11-8-7-10-12(3)6-2;6-5-1-3-7-4-2-5/h12-13H,5-11H2,1-4H3;5H,1-4,6H2/t12?,13-;/m0./s1. The number of ether oxygens (including phenoxy) is 1. The van der Waals surface area contributed by atoms with Gasteiger partial charge in [0.05, 0.1) is 0 Å². The molecule has 1 rings (SSSR count). The van der Waals surface area contributed by atoms with Crippen molar-refractivity contribution in [3.63, 3.8) is 0 Å². The molecule has 0 aromatic rings. The maximum atomic E-state index is 5.55. The monoisotopic (exact) mass is 285 g/mol. The Labute approximate surface area is 127 Å². The van der Waals surface area contributed by atoms with Gasteiger partial charge in [-0.05, 0) is 24.7 Å². The molecule has 2 N–H and O–H groups in total. The van der Waals surface area contributed by atoms with Crippen LogP contribution in [0.2, 0.25) is 0 Å². The molecule has 0 radical (unpaired) electrons. The minimum Gasteiger partial charge on any atom is -0.381 e. The van der Waals surface area contributed by atoms with Gasteiger partial charge in [-0.1, -0.05) is 72.6 Å². The third-order valence-corrected chi connectivity index (χ3v) is 4.39. The van der Waals surface area contributed by atoms with Crippen molar-refractivity contribution in [2.45, 2.75) is 91.5 Å². The molecule has 1 heterocycles. The quantitative estimate of drug-likeness (QED) is 0.626. The van der Waals surface area contributed by atoms with E-state index < -0.39 is 0 Å². The Hall–Kier alpha value is -0.0800. The van der Waals surface area contributed by atoms with E-state index in [-0.39, 0.29) is 0 Å². The first-order valence-corrected chi connectivity index (χ1v) is 8.93. The maximum Gasteiger partial charge on any atom is 0.0480 e. The SMILES string of the molecule is CCC[C@H](C)CCCCC(C)CC.NC1CCOCC1. The minimum atomic E-state index is 0.411. The summed E-state index contributed by atoms with van der Waals surface area (Å²) in [5, 5.41) is 0. The van der Waals surface area contributed by atoms with Gasteiger partial charge in [-0.3, -0.25) is 0 Å². The Morgan fingerprint density at radius 3 is 1.90 bits per heavy atom. The first-order chi connectivity index (χ1) is 9.60. The van der Waals surface area contributed by atoms with E-state index >= 15 is 0 Å². The van der Waals surface area contributed by atoms with Gasteiger partial charge in [0.15, 0.2) is 0 Å². The fourth-order valence-corrected chi connectivity index (χ4v) is 2.54. The lowest BCUT2D eigenvalue weighted by Crippen LogP contribution is -2.28. The van der Waals surface area contributed by atoms with Gasteiger partial charge in [0.25, 0.3) is 0 Å². The molecular formula is C18H39NO. The minimum absolute atomic E-state index is 0.411. The van der Waals surface area contributed by atoms with Crippen molar-refractivity contribution < 1.29 is 4.74 Å². The average molecular weight is 286 g/mol. The van der Waals surface area contributed by atoms with Crippen molar-refractivity contribution in [3.05, 3.63) is 0 Å². The maximum absolute atomic E-state index is 5.55. The van der Waals surface area contributed by atoms with E-state index in [4.69, 9.17) is 10.5 Å². The van der Waals surface area contributed by atoms with E-state index in [1.54, 1.807) is 0 Å². The van der Waals surface area contributed by atoms with Crippen molar-refractivity contribution >= 4 is 0 Å². The van der Waals surface area contributed by atoms with Crippen LogP contribution in [0.15, 0.2) is 0 Å². The highest BCUT2D eigenvalue weighted by Crippen LogP contribution is 2.17. The summed E-state index contributed by atoms with van der Waals surface area (Å²) < 4.78 is 5.06. The van der Waals surface area contributed by atoms with Gasteiger partial charge in [0, 0.05) is 19.3 Å². The Morgan fingerprint density at radius 2 is 1.50 bits per heavy atom. The summed E-state index contributed by atoms with van der Waals surface area (Å²) in [4.78, 5) is 0. The number of unbranched alkanes of at least 4 members (excludes halogenated alkanes) is 1. The van der Waals surface area contributed by atoms with Crippen LogP contribution in [-0.2, 0) is 4.74 Å². The van der Waals surface area contributed by atoms with E-state index in [9.17, 15) is 0 Å². The molecule has 1 fully saturated rings. The molecule has 0 aliphatic carbocycles. The van der Waals surface area contributed by atoms with Gasteiger partial charge in [0.1, 0.15) is 0 Å². The lowest BCUT2D eigenvalue weighted by Gasteiger charge is -2.16. The highest BCUT2D eigenvalue weighted by atomic mass is 16.5. The fraction of sp³-hybridized carbons (Fsp3) is 1.00. The molecule has 0 saturated carbocycles. The third-order valence-electron chi connectivity index (χ3n) is 4.39. The first kappa shape index (κ1) is 19.9. The van der Waals surface area contributed by atoms with Crippen LogP contribution in [0.3, 0.4) is 0 Å². The van der Waals surface area contributed by atoms with Crippen molar-refractivity contribution in [2.24, 2.45) is 17.6 Å². The van der Waals surface area contributed by atoms with Crippen LogP contribution >= 0.6 is 0 Å². The topological polar surface area (TPSA) is 35.2 Å². The van der Waals surface area contributed by atoms with Crippen molar-refractivity contribution in [2.75, 3.05) is 13.2 Å². The van der Waals surface area contributed by atoms with E-state index in [0.717, 1.165) is 37.9 Å². The zero-order valence-corrected chi connectivity index (χ0v) is 14.5. The number of hydrogen-bond acceptors (Lipinski definition) is 2. The highest BCUT2D eigenvalue weighted by Gasteiger charge is 2.06. The second kappa shape index (κ2) is 13.9. The van der Waals surface area contributed by atoms with E-state index in [1.165, 1.54) is 44.9 Å². The molecule has 2 heteroatoms. The normalized spacial score (nSPS) is 19.1. The Morgan fingerprint density at radius 1 is 0.950 bits per heavy atom. The molecule has 2 atom stereocenters. The van der Waals surface area contributed by atoms with Crippen molar-refractivity contribution in [1.29, 1.82) is 0 Å². The van der Waals surface area contributed by atoms with E-state index in [2.05, 4.69) is 27.7 Å². The first-order valence-electron chi connectivity index (χ1n) is 8.93. The summed E-state index contributed by atoms with van der Waals surface area (Å²) in [6.07, 6.45) is 12.0. The van der Waals surface area contributed by atoms with Gasteiger partial charge in [-0.2, -0.15) is 0 Å². The molecule has 0 aromatic heterocycles. The highest BCUT2D eigenvalue weighted by molar-refractivity contribution is 4.63. The summed E-state index contributed by atoms with van der Waals surface area (Å²) in [6.45, 7) is 11.1. The molecule has 0 spiro atoms. The summed E-state index contributed by atoms with van der Waals surface area (Å²) in [6, 6.07) is 0.411. The number of rotatable bonds is 8. The Balaban J connectivity index is 0.000000428. The summed E-state index contributed by atoms with van der Waals surface area (Å²) >= 11 is 0. The number of hydrogen-bond donors (Lipinski definition) is 1. The summed E-state index contributed by atoms with van der Waals surface area (Å²) in [7, 11) is 0. The average Bonchev–Trinajstić information content (AvgIpc) is 2.45. The third kappa shape index (κ3) is 12.9. The Kier molecular flexibility index (Phi) is 13.8. The van der Waals surface area contributed by atoms with Gasteiger partial charge in [-0.15, -0.1) is 0 Å². The smallest absolute Gasteiger partial charge is 0.0480 e. The predicted octanol–water partition coefficient (Wildman–Crippen LogP) is 5.15. The zero-order valence-electron chi connectivity index (χ0n) is 14.5. The van der Waals surface area contributed by atoms with E-state index in [0.29, 0.717) is 6.04 Å². The lowest BCUT2D eigenvalue weighted by atomic mass is 9.95. The van der Waals surface area contributed by atoms with Gasteiger partial charge in [0.2, 0.25) is 0 Å². The molecule has 0 aromatic carbocycles. The van der Waals surface area contributed by atoms with Gasteiger partial charge in [-0.25, -0.2) is 0 Å². The molecule has 1 saturated heterocycles. The molecular weight excluding hydrogens is 246 g/mol. The molecule has 0 bridgehead atoms. The van der Waals surface area contributed by atoms with Crippen LogP contribution in [-0.4, -0.2) is 19.3 Å². The van der Waals surface area contributed by atoms with Gasteiger partial charge < -0.3 is 10.5 Å². The van der Waals surface area contributed by atoms with Crippen LogP contribution in [0.1, 0.15) is 85.5 Å². The molecule has 1 unspecified atom stereocenters. The summed E-state index contributed by atoms with van der Waals surface area (Å²) in [5.41, 5.74) is 5.55. The predicted molar refractivity (Wildman–Crippen MR) is 90.0 cm³/mol. The van der Waals surface area contributed by atoms with Gasteiger partial charge >= 0.3 is 0 Å². The molecule has 1 aliphatic heterocycles. The van der Waals surface area contributed by atoms with Crippen LogP contribution in [0.4, 0.5) is 0 Å². The van der Waals surface area contributed by atoms with Crippen LogP contribution < -0.4 is 5.73 Å². The summed E-state index contributed by atoms with van der Waals surface area (Å²) in [5.74, 6) is 1.91. The van der Waals surface area contributed by atoms with Crippen molar-refractivity contribution in [1.82, 2.24) is 0 Å².